The minimum atomic E-state index is -3.87. The van der Waals surface area contributed by atoms with Gasteiger partial charge in [0.1, 0.15) is 11.3 Å². The van der Waals surface area contributed by atoms with Crippen molar-refractivity contribution in [1.82, 2.24) is 24.2 Å². The van der Waals surface area contributed by atoms with E-state index < -0.39 is 21.3 Å². The quantitative estimate of drug-likeness (QED) is 0.206. The Kier molecular flexibility index (Phi) is 9.52. The molecule has 40 heavy (non-hydrogen) atoms. The van der Waals surface area contributed by atoms with E-state index in [1.165, 1.54) is 29.3 Å². The Morgan fingerprint density at radius 2 is 1.77 bits per heavy atom. The molecular formula is C28H34ClN5O5S. The van der Waals surface area contributed by atoms with Gasteiger partial charge < -0.3 is 15.0 Å². The summed E-state index contributed by atoms with van der Waals surface area (Å²) in [5, 5.41) is 3.39. The average molecular weight is 588 g/mol. The zero-order valence-electron chi connectivity index (χ0n) is 22.8. The van der Waals surface area contributed by atoms with Crippen LogP contribution in [-0.2, 0) is 30.0 Å². The molecule has 12 heteroatoms. The second-order valence-corrected chi connectivity index (χ2v) is 11.5. The average Bonchev–Trinajstić information content (AvgIpc) is 3.29. The number of rotatable bonds is 13. The van der Waals surface area contributed by atoms with Crippen LogP contribution < -0.4 is 26.0 Å². The van der Waals surface area contributed by atoms with E-state index in [0.717, 1.165) is 17.5 Å². The maximum absolute atomic E-state index is 13.2. The minimum Gasteiger partial charge on any atom is -0.493 e. The van der Waals surface area contributed by atoms with Crippen molar-refractivity contribution in [3.05, 3.63) is 80.0 Å². The number of sulfonamides is 1. The highest BCUT2D eigenvalue weighted by atomic mass is 35.5. The highest BCUT2D eigenvalue weighted by Gasteiger charge is 2.24. The number of hydrogen-bond donors (Lipinski definition) is 3. The third-order valence-corrected chi connectivity index (χ3v) is 8.35. The summed E-state index contributed by atoms with van der Waals surface area (Å²) >= 11 is 6.78. The van der Waals surface area contributed by atoms with Crippen LogP contribution in [0.5, 0.6) is 5.75 Å². The lowest BCUT2D eigenvalue weighted by Gasteiger charge is -2.13. The SMILES string of the molecule is CCCn1c(=O)n(C)c(=O)c2[nH]c(-c3cc(S(=O)(=O)NCCNCCc4ccccc4)ccc3OCC)c(Cl)c21. The Bertz CT molecular complexity index is 1710. The molecule has 0 aliphatic heterocycles. The molecule has 0 amide bonds. The number of fused-ring (bicyclic) bond motifs is 1. The van der Waals surface area contributed by atoms with Gasteiger partial charge in [0.2, 0.25) is 10.0 Å². The second kappa shape index (κ2) is 12.9. The van der Waals surface area contributed by atoms with Gasteiger partial charge in [-0.3, -0.25) is 13.9 Å². The first-order chi connectivity index (χ1) is 19.2. The van der Waals surface area contributed by atoms with Crippen molar-refractivity contribution in [2.45, 2.75) is 38.1 Å². The van der Waals surface area contributed by atoms with Gasteiger partial charge in [0.05, 0.1) is 27.7 Å². The first kappa shape index (κ1) is 29.6. The molecule has 3 N–H and O–H groups in total. The number of nitrogens with one attached hydrogen (secondary N) is 3. The molecule has 0 radical (unpaired) electrons. The molecule has 214 valence electrons. The lowest BCUT2D eigenvalue weighted by Crippen LogP contribution is -2.38. The van der Waals surface area contributed by atoms with Crippen molar-refractivity contribution in [3.63, 3.8) is 0 Å². The summed E-state index contributed by atoms with van der Waals surface area (Å²) in [4.78, 5) is 28.8. The van der Waals surface area contributed by atoms with Crippen LogP contribution in [0.1, 0.15) is 25.8 Å². The largest absolute Gasteiger partial charge is 0.493 e. The zero-order valence-corrected chi connectivity index (χ0v) is 24.4. The molecule has 0 aliphatic rings. The molecule has 4 rings (SSSR count). The Balaban J connectivity index is 1.62. The number of aromatic nitrogens is 3. The molecule has 0 atom stereocenters. The van der Waals surface area contributed by atoms with Gasteiger partial charge in [-0.2, -0.15) is 0 Å². The Labute approximate surface area is 238 Å². The molecule has 0 aliphatic carbocycles. The molecule has 0 saturated carbocycles. The standard InChI is InChI=1S/C28H34ClN5O5S/c1-4-17-34-26-23(29)24(32-25(26)27(35)33(3)28(34)36)21-18-20(11-12-22(21)39-5-2)40(37,38)31-16-15-30-14-13-19-9-7-6-8-10-19/h6-12,18,30-32H,4-5,13-17H2,1-3H3. The van der Waals surface area contributed by atoms with Crippen LogP contribution in [0.25, 0.3) is 22.3 Å². The predicted molar refractivity (Wildman–Crippen MR) is 158 cm³/mol. The zero-order chi connectivity index (χ0) is 28.9. The number of H-pyrrole nitrogens is 1. The summed E-state index contributed by atoms with van der Waals surface area (Å²) in [6, 6.07) is 14.5. The topological polar surface area (TPSA) is 127 Å². The number of aromatic amines is 1. The highest BCUT2D eigenvalue weighted by Crippen LogP contribution is 2.39. The molecule has 0 bridgehead atoms. The van der Waals surface area contributed by atoms with Crippen molar-refractivity contribution < 1.29 is 13.2 Å². The van der Waals surface area contributed by atoms with E-state index in [-0.39, 0.29) is 27.5 Å². The number of aryl methyl sites for hydroxylation is 1. The minimum absolute atomic E-state index is 0.0174. The molecule has 2 aromatic carbocycles. The number of hydrogen-bond acceptors (Lipinski definition) is 6. The monoisotopic (exact) mass is 587 g/mol. The Hall–Kier alpha value is -3.38. The Morgan fingerprint density at radius 1 is 1.02 bits per heavy atom. The summed E-state index contributed by atoms with van der Waals surface area (Å²) in [6.07, 6.45) is 1.49. The highest BCUT2D eigenvalue weighted by molar-refractivity contribution is 7.89. The van der Waals surface area contributed by atoms with E-state index in [1.54, 1.807) is 6.07 Å². The van der Waals surface area contributed by atoms with Crippen LogP contribution in [0.4, 0.5) is 0 Å². The molecule has 2 aromatic heterocycles. The number of halogens is 1. The molecule has 0 saturated heterocycles. The normalized spacial score (nSPS) is 11.8. The van der Waals surface area contributed by atoms with Gasteiger partial charge in [0, 0.05) is 32.2 Å². The van der Waals surface area contributed by atoms with Crippen molar-refractivity contribution in [3.8, 4) is 17.0 Å². The maximum Gasteiger partial charge on any atom is 0.331 e. The number of benzene rings is 2. The third-order valence-electron chi connectivity index (χ3n) is 6.53. The van der Waals surface area contributed by atoms with E-state index in [0.29, 0.717) is 43.1 Å². The fourth-order valence-corrected chi connectivity index (χ4v) is 5.94. The van der Waals surface area contributed by atoms with Crippen molar-refractivity contribution in [2.75, 3.05) is 26.2 Å². The number of nitrogens with zero attached hydrogens (tertiary/aromatic N) is 2. The summed E-state index contributed by atoms with van der Waals surface area (Å²) in [5.74, 6) is 0.388. The predicted octanol–water partition coefficient (Wildman–Crippen LogP) is 3.27. The van der Waals surface area contributed by atoms with Crippen molar-refractivity contribution >= 4 is 32.7 Å². The smallest absolute Gasteiger partial charge is 0.331 e. The molecule has 2 heterocycles. The fourth-order valence-electron chi connectivity index (χ4n) is 4.54. The summed E-state index contributed by atoms with van der Waals surface area (Å²) in [6.45, 7) is 5.79. The van der Waals surface area contributed by atoms with E-state index in [9.17, 15) is 18.0 Å². The van der Waals surface area contributed by atoms with Gasteiger partial charge in [-0.15, -0.1) is 0 Å². The molecular weight excluding hydrogens is 554 g/mol. The first-order valence-electron chi connectivity index (χ1n) is 13.2. The lowest BCUT2D eigenvalue weighted by molar-refractivity contribution is 0.341. The molecule has 4 aromatic rings. The maximum atomic E-state index is 13.2. The number of ether oxygens (including phenoxy) is 1. The Morgan fingerprint density at radius 3 is 2.48 bits per heavy atom. The van der Waals surface area contributed by atoms with E-state index >= 15 is 0 Å². The van der Waals surface area contributed by atoms with Crippen molar-refractivity contribution in [2.24, 2.45) is 7.05 Å². The second-order valence-electron chi connectivity index (χ2n) is 9.31. The van der Waals surface area contributed by atoms with E-state index in [2.05, 4.69) is 15.0 Å². The molecule has 0 fully saturated rings. The van der Waals surface area contributed by atoms with E-state index in [4.69, 9.17) is 16.3 Å². The van der Waals surface area contributed by atoms with Crippen LogP contribution in [0.15, 0.2) is 63.0 Å². The van der Waals surface area contributed by atoms with E-state index in [1.807, 2.05) is 44.2 Å². The molecule has 0 unspecified atom stereocenters. The van der Waals surface area contributed by atoms with Gasteiger partial charge in [-0.25, -0.2) is 17.9 Å². The first-order valence-corrected chi connectivity index (χ1v) is 15.1. The van der Waals surface area contributed by atoms with Crippen molar-refractivity contribution in [1.29, 1.82) is 0 Å². The third kappa shape index (κ3) is 6.17. The summed E-state index contributed by atoms with van der Waals surface area (Å²) < 4.78 is 37.2. The molecule has 0 spiro atoms. The summed E-state index contributed by atoms with van der Waals surface area (Å²) in [5.41, 5.74) is 1.31. The van der Waals surface area contributed by atoms with Crippen LogP contribution in [0.2, 0.25) is 5.02 Å². The van der Waals surface area contributed by atoms with Gasteiger partial charge in [-0.1, -0.05) is 48.9 Å². The van der Waals surface area contributed by atoms with Crippen LogP contribution in [-0.4, -0.2) is 48.8 Å². The fraction of sp³-hybridized carbons (Fsp3) is 0.357. The molecule has 10 nitrogen and oxygen atoms in total. The van der Waals surface area contributed by atoms with Gasteiger partial charge >= 0.3 is 5.69 Å². The van der Waals surface area contributed by atoms with Crippen LogP contribution in [0.3, 0.4) is 0 Å². The van der Waals surface area contributed by atoms with Gasteiger partial charge in [0.15, 0.2) is 0 Å². The van der Waals surface area contributed by atoms with Gasteiger partial charge in [0.25, 0.3) is 5.56 Å². The van der Waals surface area contributed by atoms with Gasteiger partial charge in [-0.05, 0) is 50.1 Å². The lowest BCUT2D eigenvalue weighted by atomic mass is 10.1. The van der Waals surface area contributed by atoms with Crippen LogP contribution in [0, 0.1) is 0 Å². The summed E-state index contributed by atoms with van der Waals surface area (Å²) in [7, 11) is -2.46. The van der Waals surface area contributed by atoms with Crippen LogP contribution >= 0.6 is 11.6 Å².